The Morgan fingerprint density at radius 1 is 0.826 bits per heavy atom. The Hall–Kier alpha value is -4.04. The van der Waals surface area contributed by atoms with Crippen LogP contribution in [0.1, 0.15) is 30.7 Å². The van der Waals surface area contributed by atoms with Crippen LogP contribution in [0.4, 0.5) is 39.5 Å². The van der Waals surface area contributed by atoms with Crippen molar-refractivity contribution in [1.29, 1.82) is 0 Å². The Morgan fingerprint density at radius 3 is 1.70 bits per heavy atom. The molecule has 0 aromatic carbocycles. The molecule has 2 aliphatic heterocycles. The molecule has 0 amide bonds. The number of rotatable bonds is 5. The molecule has 2 aliphatic rings. The van der Waals surface area contributed by atoms with Gasteiger partial charge in [-0.05, 0) is 43.7 Å². The monoisotopic (exact) mass is 681 g/mol. The normalized spacial score (nSPS) is 19.8. The van der Waals surface area contributed by atoms with Crippen molar-refractivity contribution >= 4 is 17.9 Å². The average Bonchev–Trinajstić information content (AvgIpc) is 3.34. The lowest BCUT2D eigenvalue weighted by Crippen LogP contribution is -2.47. The largest absolute Gasteiger partial charge is 0.490 e. The zero-order chi connectivity index (χ0) is 35.2. The zero-order valence-electron chi connectivity index (χ0n) is 23.5. The summed E-state index contributed by atoms with van der Waals surface area (Å²) in [6.07, 6.45) is -8.16. The number of hydrogen-bond donors (Lipinski definition) is 3. The predicted octanol–water partition coefficient (Wildman–Crippen LogP) is 4.72. The van der Waals surface area contributed by atoms with E-state index in [2.05, 4.69) is 27.0 Å². The lowest BCUT2D eigenvalue weighted by molar-refractivity contribution is -0.193. The quantitative estimate of drug-likeness (QED) is 0.375. The van der Waals surface area contributed by atoms with Gasteiger partial charge in [0.05, 0.1) is 36.3 Å². The molecule has 3 N–H and O–H groups in total. The third-order valence-electron chi connectivity index (χ3n) is 5.83. The minimum atomic E-state index is -5.08. The van der Waals surface area contributed by atoms with E-state index in [-0.39, 0.29) is 11.7 Å². The van der Waals surface area contributed by atoms with Gasteiger partial charge in [0.25, 0.3) is 0 Å². The van der Waals surface area contributed by atoms with Crippen LogP contribution in [0.15, 0.2) is 48.8 Å². The van der Waals surface area contributed by atoms with Crippen molar-refractivity contribution in [2.75, 3.05) is 19.7 Å². The van der Waals surface area contributed by atoms with Crippen LogP contribution in [0.5, 0.6) is 0 Å². The highest BCUT2D eigenvalue weighted by atomic mass is 19.4. The van der Waals surface area contributed by atoms with Gasteiger partial charge in [-0.3, -0.25) is 14.9 Å². The third-order valence-corrected chi connectivity index (χ3v) is 5.83. The topological polar surface area (TPSA) is 159 Å². The second kappa shape index (κ2) is 17.6. The fourth-order valence-corrected chi connectivity index (χ4v) is 3.93. The van der Waals surface area contributed by atoms with Crippen molar-refractivity contribution in [3.8, 4) is 0 Å². The Bertz CT molecular complexity index is 1180. The molecule has 0 unspecified atom stereocenters. The van der Waals surface area contributed by atoms with Gasteiger partial charge in [-0.2, -0.15) is 39.5 Å². The molecule has 4 heterocycles. The highest BCUT2D eigenvalue weighted by Crippen LogP contribution is 2.36. The fourth-order valence-electron chi connectivity index (χ4n) is 3.93. The van der Waals surface area contributed by atoms with Crippen LogP contribution < -0.4 is 0 Å². The van der Waals surface area contributed by atoms with E-state index in [1.807, 2.05) is 36.7 Å². The molecule has 2 aromatic heterocycles. The number of carboxylic acid groups (broad SMARTS) is 3. The number of hydrogen-bond acceptors (Lipinski definition) is 8. The third kappa shape index (κ3) is 15.8. The van der Waals surface area contributed by atoms with E-state index in [1.165, 1.54) is 6.42 Å². The van der Waals surface area contributed by atoms with Crippen LogP contribution in [0.3, 0.4) is 0 Å². The summed E-state index contributed by atoms with van der Waals surface area (Å²) in [6.45, 7) is 4.21. The molecule has 258 valence electrons. The minimum absolute atomic E-state index is 0.0538. The standard InChI is InChI=1S/C20H25N3O2.3C2HF3O2/c1-3-9-21-17(6-1)13-23-11-5-8-20(16-23)12-19(15-25-20)24-14-18-7-2-4-10-22-18;3*3-2(4,5)1(6)7/h1-4,6-7,9-10,19H,5,8,11-16H2;3*(H,6,7)/t19-,20+;;;/m1.../s1. The lowest BCUT2D eigenvalue weighted by atomic mass is 9.89. The van der Waals surface area contributed by atoms with Crippen LogP contribution >= 0.6 is 0 Å². The highest BCUT2D eigenvalue weighted by Gasteiger charge is 2.44. The van der Waals surface area contributed by atoms with Gasteiger partial charge in [0.2, 0.25) is 0 Å². The van der Waals surface area contributed by atoms with Crippen LogP contribution in [0.2, 0.25) is 0 Å². The second-order valence-corrected chi connectivity index (χ2v) is 9.50. The van der Waals surface area contributed by atoms with Gasteiger partial charge in [0, 0.05) is 31.9 Å². The van der Waals surface area contributed by atoms with Crippen molar-refractivity contribution in [2.45, 2.75) is 62.6 Å². The van der Waals surface area contributed by atoms with Crippen LogP contribution in [0, 0.1) is 0 Å². The number of carbonyl (C=O) groups is 3. The number of nitrogens with zero attached hydrogens (tertiary/aromatic N) is 3. The maximum atomic E-state index is 10.6. The van der Waals surface area contributed by atoms with Gasteiger partial charge < -0.3 is 24.8 Å². The maximum absolute atomic E-state index is 10.6. The van der Waals surface area contributed by atoms with Crippen LogP contribution in [-0.4, -0.2) is 98.0 Å². The molecule has 2 atom stereocenters. The molecule has 20 heteroatoms. The Balaban J connectivity index is 0.000000413. The Labute approximate surface area is 254 Å². The summed E-state index contributed by atoms with van der Waals surface area (Å²) >= 11 is 0. The second-order valence-electron chi connectivity index (χ2n) is 9.50. The number of carboxylic acids is 3. The number of alkyl halides is 9. The van der Waals surface area contributed by atoms with E-state index in [1.54, 1.807) is 0 Å². The molecule has 0 aliphatic carbocycles. The van der Waals surface area contributed by atoms with E-state index >= 15 is 0 Å². The van der Waals surface area contributed by atoms with Gasteiger partial charge >= 0.3 is 36.4 Å². The van der Waals surface area contributed by atoms with Crippen LogP contribution in [0.25, 0.3) is 0 Å². The molecular weight excluding hydrogens is 653 g/mol. The molecule has 2 fully saturated rings. The van der Waals surface area contributed by atoms with E-state index in [0.29, 0.717) is 13.2 Å². The van der Waals surface area contributed by atoms with Crippen molar-refractivity contribution in [2.24, 2.45) is 0 Å². The summed E-state index contributed by atoms with van der Waals surface area (Å²) in [5, 5.41) is 21.4. The first-order chi connectivity index (χ1) is 21.1. The van der Waals surface area contributed by atoms with Gasteiger partial charge in [0.15, 0.2) is 0 Å². The Kier molecular flexibility index (Phi) is 15.3. The predicted molar refractivity (Wildman–Crippen MR) is 136 cm³/mol. The first kappa shape index (κ1) is 40.0. The van der Waals surface area contributed by atoms with Gasteiger partial charge in [-0.1, -0.05) is 12.1 Å². The Morgan fingerprint density at radius 2 is 1.28 bits per heavy atom. The molecular formula is C26H28F9N3O8. The zero-order valence-corrected chi connectivity index (χ0v) is 23.5. The van der Waals surface area contributed by atoms with E-state index in [4.69, 9.17) is 39.2 Å². The molecule has 1 spiro atoms. The SMILES string of the molecule is O=C(O)C(F)(F)F.O=C(O)C(F)(F)F.O=C(O)C(F)(F)F.c1ccc(CO[C@H]2CO[C@@]3(CCCN(Cc4ccccn4)C3)C2)nc1. The summed E-state index contributed by atoms with van der Waals surface area (Å²) in [5.74, 6) is -8.27. The van der Waals surface area contributed by atoms with Crippen molar-refractivity contribution in [3.05, 3.63) is 60.2 Å². The number of pyridine rings is 2. The first-order valence-corrected chi connectivity index (χ1v) is 12.8. The summed E-state index contributed by atoms with van der Waals surface area (Å²) < 4.78 is 108. The summed E-state index contributed by atoms with van der Waals surface area (Å²) in [4.78, 5) is 37.9. The van der Waals surface area contributed by atoms with Crippen molar-refractivity contribution in [1.82, 2.24) is 14.9 Å². The van der Waals surface area contributed by atoms with Gasteiger partial charge in [-0.25, -0.2) is 14.4 Å². The fraction of sp³-hybridized carbons (Fsp3) is 0.500. The van der Waals surface area contributed by atoms with Crippen molar-refractivity contribution < 1.29 is 78.7 Å². The van der Waals surface area contributed by atoms with Gasteiger partial charge in [-0.15, -0.1) is 0 Å². The lowest BCUT2D eigenvalue weighted by Gasteiger charge is -2.39. The average molecular weight is 682 g/mol. The number of aliphatic carboxylic acids is 3. The van der Waals surface area contributed by atoms with E-state index in [0.717, 1.165) is 43.9 Å². The van der Waals surface area contributed by atoms with Crippen molar-refractivity contribution in [3.63, 3.8) is 0 Å². The molecule has 0 bridgehead atoms. The highest BCUT2D eigenvalue weighted by molar-refractivity contribution is 5.73. The van der Waals surface area contributed by atoms with Crippen LogP contribution in [-0.2, 0) is 37.0 Å². The molecule has 0 saturated carbocycles. The molecule has 46 heavy (non-hydrogen) atoms. The smallest absolute Gasteiger partial charge is 0.475 e. The minimum Gasteiger partial charge on any atom is -0.475 e. The number of ether oxygens (including phenoxy) is 2. The first-order valence-electron chi connectivity index (χ1n) is 12.8. The van der Waals surface area contributed by atoms with E-state index in [9.17, 15) is 39.5 Å². The summed E-state index contributed by atoms with van der Waals surface area (Å²) in [5.41, 5.74) is 2.05. The molecule has 11 nitrogen and oxygen atoms in total. The molecule has 0 radical (unpaired) electrons. The van der Waals surface area contributed by atoms with E-state index < -0.39 is 36.4 Å². The maximum Gasteiger partial charge on any atom is 0.490 e. The summed E-state index contributed by atoms with van der Waals surface area (Å²) in [6, 6.07) is 12.0. The number of halogens is 9. The number of likely N-dealkylation sites (tertiary alicyclic amines) is 1. The molecule has 4 rings (SSSR count). The number of piperidine rings is 1. The van der Waals surface area contributed by atoms with Gasteiger partial charge in [0.1, 0.15) is 0 Å². The number of aromatic nitrogens is 2. The molecule has 2 saturated heterocycles. The molecule has 2 aromatic rings. The summed E-state index contributed by atoms with van der Waals surface area (Å²) in [7, 11) is 0.